The summed E-state index contributed by atoms with van der Waals surface area (Å²) in [7, 11) is 0.429. The second-order valence-corrected chi connectivity index (χ2v) is 7.71. The molecule has 0 fully saturated rings. The number of likely N-dealkylation sites (N-methyl/N-ethyl adjacent to an activating group) is 1. The molecule has 0 unspecified atom stereocenters. The molecule has 0 aliphatic carbocycles. The molecule has 0 saturated carbocycles. The molecule has 1 amide bonds. The van der Waals surface area contributed by atoms with Crippen molar-refractivity contribution in [2.45, 2.75) is 11.8 Å². The maximum atomic E-state index is 12.8. The lowest BCUT2D eigenvalue weighted by Crippen LogP contribution is -2.35. The zero-order chi connectivity index (χ0) is 19.3. The lowest BCUT2D eigenvalue weighted by atomic mass is 10.2. The number of benzene rings is 2. The first-order valence-electron chi connectivity index (χ1n) is 7.83. The molecule has 0 spiro atoms. The summed E-state index contributed by atoms with van der Waals surface area (Å²) < 4.78 is 36.8. The number of sulfonamides is 1. The van der Waals surface area contributed by atoms with E-state index in [0.29, 0.717) is 11.4 Å². The monoisotopic (exact) mass is 378 g/mol. The molecule has 2 aromatic rings. The van der Waals surface area contributed by atoms with E-state index in [1.54, 1.807) is 50.4 Å². The zero-order valence-corrected chi connectivity index (χ0v) is 16.0. The van der Waals surface area contributed by atoms with Gasteiger partial charge in [-0.3, -0.25) is 4.79 Å². The highest BCUT2D eigenvalue weighted by Crippen LogP contribution is 2.27. The molecule has 1 N–H and O–H groups in total. The van der Waals surface area contributed by atoms with E-state index in [2.05, 4.69) is 5.32 Å². The van der Waals surface area contributed by atoms with E-state index < -0.39 is 15.9 Å². The first kappa shape index (κ1) is 19.7. The first-order valence-corrected chi connectivity index (χ1v) is 9.27. The van der Waals surface area contributed by atoms with E-state index in [1.807, 2.05) is 0 Å². The Labute approximate surface area is 153 Å². The fraction of sp³-hybridized carbons (Fsp3) is 0.278. The molecule has 26 heavy (non-hydrogen) atoms. The topological polar surface area (TPSA) is 84.9 Å². The molecule has 0 atom stereocenters. The lowest BCUT2D eigenvalue weighted by molar-refractivity contribution is -0.116. The summed E-state index contributed by atoms with van der Waals surface area (Å²) in [5, 5.41) is 2.66. The molecule has 0 bridgehead atoms. The van der Waals surface area contributed by atoms with Gasteiger partial charge in [-0.05, 0) is 48.9 Å². The van der Waals surface area contributed by atoms with Crippen molar-refractivity contribution in [1.82, 2.24) is 4.31 Å². The number of rotatable bonds is 7. The van der Waals surface area contributed by atoms with Crippen LogP contribution in [0.1, 0.15) is 5.56 Å². The normalized spacial score (nSPS) is 11.3. The van der Waals surface area contributed by atoms with Gasteiger partial charge in [0.1, 0.15) is 16.4 Å². The minimum absolute atomic E-state index is 0.0275. The lowest BCUT2D eigenvalue weighted by Gasteiger charge is -2.19. The Balaban J connectivity index is 2.13. The number of ether oxygens (including phenoxy) is 2. The summed E-state index contributed by atoms with van der Waals surface area (Å²) in [5.74, 6) is 0.445. The number of anilines is 1. The van der Waals surface area contributed by atoms with Gasteiger partial charge in [0.15, 0.2) is 0 Å². The second-order valence-electron chi connectivity index (χ2n) is 5.69. The van der Waals surface area contributed by atoms with Crippen LogP contribution >= 0.6 is 0 Å². The van der Waals surface area contributed by atoms with Crippen LogP contribution in [0.25, 0.3) is 0 Å². The molecule has 2 rings (SSSR count). The van der Waals surface area contributed by atoms with Crippen LogP contribution in [0, 0.1) is 6.92 Å². The maximum Gasteiger partial charge on any atom is 0.246 e. The molecule has 0 saturated heterocycles. The van der Waals surface area contributed by atoms with Crippen molar-refractivity contribution in [3.05, 3.63) is 48.0 Å². The van der Waals surface area contributed by atoms with Crippen molar-refractivity contribution in [3.8, 4) is 11.5 Å². The molecule has 0 aromatic heterocycles. The molecular formula is C18H22N2O5S. The van der Waals surface area contributed by atoms with E-state index in [0.717, 1.165) is 9.87 Å². The van der Waals surface area contributed by atoms with Crippen molar-refractivity contribution < 1.29 is 22.7 Å². The Kier molecular flexibility index (Phi) is 6.23. The molecule has 0 heterocycles. The van der Waals surface area contributed by atoms with Gasteiger partial charge in [0.2, 0.25) is 15.9 Å². The summed E-state index contributed by atoms with van der Waals surface area (Å²) in [6, 6.07) is 11.6. The van der Waals surface area contributed by atoms with Crippen LogP contribution < -0.4 is 14.8 Å². The van der Waals surface area contributed by atoms with Crippen LogP contribution in [0.2, 0.25) is 0 Å². The van der Waals surface area contributed by atoms with Gasteiger partial charge in [0.25, 0.3) is 0 Å². The highest BCUT2D eigenvalue weighted by Gasteiger charge is 2.26. The third-order valence-electron chi connectivity index (χ3n) is 3.75. The Hall–Kier alpha value is -2.58. The third-order valence-corrected chi connectivity index (χ3v) is 5.57. The van der Waals surface area contributed by atoms with Gasteiger partial charge in [-0.1, -0.05) is 6.07 Å². The van der Waals surface area contributed by atoms with E-state index in [4.69, 9.17) is 9.47 Å². The number of carbonyl (C=O) groups is 1. The van der Waals surface area contributed by atoms with Crippen LogP contribution in [0.5, 0.6) is 11.5 Å². The largest absolute Gasteiger partial charge is 0.497 e. The van der Waals surface area contributed by atoms with Crippen LogP contribution in [-0.2, 0) is 14.8 Å². The smallest absolute Gasteiger partial charge is 0.246 e. The summed E-state index contributed by atoms with van der Waals surface area (Å²) in [4.78, 5) is 12.2. The minimum Gasteiger partial charge on any atom is -0.497 e. The third kappa shape index (κ3) is 4.53. The maximum absolute atomic E-state index is 12.8. The summed E-state index contributed by atoms with van der Waals surface area (Å²) >= 11 is 0. The van der Waals surface area contributed by atoms with Gasteiger partial charge in [0, 0.05) is 12.7 Å². The number of carbonyl (C=O) groups excluding carboxylic acids is 1. The Morgan fingerprint density at radius 2 is 1.73 bits per heavy atom. The van der Waals surface area contributed by atoms with Gasteiger partial charge in [-0.15, -0.1) is 0 Å². The standard InChI is InChI=1S/C18H22N2O5S/c1-13-5-10-16(25-4)17(11-13)26(22,23)20(2)12-18(21)19-14-6-8-15(24-3)9-7-14/h5-11H,12H2,1-4H3,(H,19,21). The average Bonchev–Trinajstić information content (AvgIpc) is 2.62. The van der Waals surface area contributed by atoms with Crippen molar-refractivity contribution in [3.63, 3.8) is 0 Å². The van der Waals surface area contributed by atoms with Gasteiger partial charge in [-0.25, -0.2) is 8.42 Å². The molecular weight excluding hydrogens is 356 g/mol. The molecule has 0 radical (unpaired) electrons. The highest BCUT2D eigenvalue weighted by molar-refractivity contribution is 7.89. The SMILES string of the molecule is COc1ccc(NC(=O)CN(C)S(=O)(=O)c2cc(C)ccc2OC)cc1. The number of nitrogens with zero attached hydrogens (tertiary/aromatic N) is 1. The Bertz CT molecular complexity index is 879. The van der Waals surface area contributed by atoms with Crippen molar-refractivity contribution in [2.75, 3.05) is 33.1 Å². The molecule has 0 aliphatic heterocycles. The summed E-state index contributed by atoms with van der Waals surface area (Å²) in [6.07, 6.45) is 0. The Morgan fingerprint density at radius 1 is 1.08 bits per heavy atom. The zero-order valence-electron chi connectivity index (χ0n) is 15.1. The predicted octanol–water partition coefficient (Wildman–Crippen LogP) is 2.27. The van der Waals surface area contributed by atoms with Crippen LogP contribution in [0.3, 0.4) is 0 Å². The molecule has 8 heteroatoms. The van der Waals surface area contributed by atoms with E-state index in [9.17, 15) is 13.2 Å². The quantitative estimate of drug-likeness (QED) is 0.799. The van der Waals surface area contributed by atoms with E-state index in [1.165, 1.54) is 20.2 Å². The highest BCUT2D eigenvalue weighted by atomic mass is 32.2. The van der Waals surface area contributed by atoms with E-state index in [-0.39, 0.29) is 17.2 Å². The van der Waals surface area contributed by atoms with Gasteiger partial charge in [0.05, 0.1) is 20.8 Å². The van der Waals surface area contributed by atoms with Crippen LogP contribution in [-0.4, -0.2) is 46.4 Å². The van der Waals surface area contributed by atoms with Crippen LogP contribution in [0.4, 0.5) is 5.69 Å². The molecule has 0 aliphatic rings. The van der Waals surface area contributed by atoms with Gasteiger partial charge >= 0.3 is 0 Å². The summed E-state index contributed by atoms with van der Waals surface area (Å²) in [6.45, 7) is 1.46. The number of aryl methyl sites for hydroxylation is 1. The van der Waals surface area contributed by atoms with Crippen molar-refractivity contribution in [2.24, 2.45) is 0 Å². The number of methoxy groups -OCH3 is 2. The minimum atomic E-state index is -3.87. The van der Waals surface area contributed by atoms with Crippen LogP contribution in [0.15, 0.2) is 47.4 Å². The summed E-state index contributed by atoms with van der Waals surface area (Å²) in [5.41, 5.74) is 1.33. The first-order chi connectivity index (χ1) is 12.3. The number of amides is 1. The predicted molar refractivity (Wildman–Crippen MR) is 99.2 cm³/mol. The second kappa shape index (κ2) is 8.20. The number of hydrogen-bond donors (Lipinski definition) is 1. The van der Waals surface area contributed by atoms with E-state index >= 15 is 0 Å². The number of nitrogens with one attached hydrogen (secondary N) is 1. The molecule has 7 nitrogen and oxygen atoms in total. The van der Waals surface area contributed by atoms with Crippen molar-refractivity contribution in [1.29, 1.82) is 0 Å². The van der Waals surface area contributed by atoms with Crippen molar-refractivity contribution >= 4 is 21.6 Å². The fourth-order valence-electron chi connectivity index (χ4n) is 2.32. The number of hydrogen-bond acceptors (Lipinski definition) is 5. The van der Waals surface area contributed by atoms with Gasteiger partial charge < -0.3 is 14.8 Å². The average molecular weight is 378 g/mol. The Morgan fingerprint density at radius 3 is 2.31 bits per heavy atom. The van der Waals surface area contributed by atoms with Gasteiger partial charge in [-0.2, -0.15) is 4.31 Å². The molecule has 140 valence electrons. The molecule has 2 aromatic carbocycles. The fourth-order valence-corrected chi connectivity index (χ4v) is 3.68.